The molecule has 0 amide bonds. The topological polar surface area (TPSA) is 60.8 Å². The number of hydrogen-bond donors (Lipinski definition) is 2. The Morgan fingerprint density at radius 3 is 2.00 bits per heavy atom. The molecule has 4 nitrogen and oxygen atoms in total. The molecular weight excluding hydrogens is 242 g/mol. The van der Waals surface area contributed by atoms with Crippen LogP contribution in [0.15, 0.2) is 66.9 Å². The van der Waals surface area contributed by atoms with E-state index >= 15 is 0 Å². The Balaban J connectivity index is 2.35. The van der Waals surface area contributed by atoms with Crippen molar-refractivity contribution >= 4 is 17.2 Å². The van der Waals surface area contributed by atoms with Crippen molar-refractivity contribution in [2.24, 2.45) is 0 Å². The molecule has 19 heavy (non-hydrogen) atoms. The van der Waals surface area contributed by atoms with Crippen LogP contribution in [0.5, 0.6) is 0 Å². The summed E-state index contributed by atoms with van der Waals surface area (Å²) >= 11 is 0. The summed E-state index contributed by atoms with van der Waals surface area (Å²) in [5, 5.41) is 19.9. The number of benzene rings is 2. The number of hydrogen-bond acceptors (Lipinski definition) is 3. The molecule has 2 aromatic rings. The van der Waals surface area contributed by atoms with Gasteiger partial charge in [-0.25, -0.2) is 9.86 Å². The van der Waals surface area contributed by atoms with Gasteiger partial charge in [0.15, 0.2) is 0 Å². The van der Waals surface area contributed by atoms with Crippen molar-refractivity contribution < 1.29 is 15.1 Å². The van der Waals surface area contributed by atoms with Crippen LogP contribution in [0.3, 0.4) is 0 Å². The van der Waals surface area contributed by atoms with Gasteiger partial charge in [-0.2, -0.15) is 0 Å². The van der Waals surface area contributed by atoms with Gasteiger partial charge in [-0.05, 0) is 17.7 Å². The summed E-state index contributed by atoms with van der Waals surface area (Å²) in [5.74, 6) is -1.10. The van der Waals surface area contributed by atoms with E-state index < -0.39 is 5.97 Å². The van der Waals surface area contributed by atoms with Gasteiger partial charge < -0.3 is 5.11 Å². The lowest BCUT2D eigenvalue weighted by molar-refractivity contribution is -0.130. The van der Waals surface area contributed by atoms with Crippen molar-refractivity contribution in [3.8, 4) is 0 Å². The average molecular weight is 255 g/mol. The molecular formula is C15H13NO3. The summed E-state index contributed by atoms with van der Waals surface area (Å²) in [6.45, 7) is 0. The van der Waals surface area contributed by atoms with E-state index in [9.17, 15) is 15.1 Å². The van der Waals surface area contributed by atoms with E-state index in [0.29, 0.717) is 11.3 Å². The van der Waals surface area contributed by atoms with Crippen molar-refractivity contribution in [3.63, 3.8) is 0 Å². The van der Waals surface area contributed by atoms with Gasteiger partial charge >= 0.3 is 5.97 Å². The van der Waals surface area contributed by atoms with Crippen LogP contribution in [0, 0.1) is 0 Å². The molecule has 0 aliphatic heterocycles. The van der Waals surface area contributed by atoms with Crippen LogP contribution < -0.4 is 5.06 Å². The summed E-state index contributed by atoms with van der Waals surface area (Å²) in [7, 11) is 0. The first-order valence-electron chi connectivity index (χ1n) is 5.72. The van der Waals surface area contributed by atoms with Crippen LogP contribution in [0.25, 0.3) is 5.57 Å². The van der Waals surface area contributed by atoms with Crippen LogP contribution in [0.4, 0.5) is 5.69 Å². The molecule has 0 heterocycles. The Kier molecular flexibility index (Phi) is 3.95. The van der Waals surface area contributed by atoms with E-state index in [-0.39, 0.29) is 5.57 Å². The number of hydroxylamine groups is 1. The molecule has 0 atom stereocenters. The predicted molar refractivity (Wildman–Crippen MR) is 72.8 cm³/mol. The second-order valence-electron chi connectivity index (χ2n) is 3.89. The molecule has 0 aromatic heterocycles. The maximum atomic E-state index is 11.3. The third kappa shape index (κ3) is 3.20. The Labute approximate surface area is 110 Å². The summed E-state index contributed by atoms with van der Waals surface area (Å²) in [5.41, 5.74) is 1.05. The second kappa shape index (κ2) is 5.84. The first-order valence-corrected chi connectivity index (χ1v) is 5.72. The van der Waals surface area contributed by atoms with Gasteiger partial charge in [0, 0.05) is 6.20 Å². The van der Waals surface area contributed by atoms with E-state index in [4.69, 9.17) is 0 Å². The van der Waals surface area contributed by atoms with Gasteiger partial charge in [-0.3, -0.25) is 5.21 Å². The zero-order valence-electron chi connectivity index (χ0n) is 10.1. The zero-order valence-corrected chi connectivity index (χ0v) is 10.1. The molecule has 0 aliphatic carbocycles. The number of aliphatic carboxylic acids is 1. The number of anilines is 1. The van der Waals surface area contributed by atoms with Crippen molar-refractivity contribution in [2.75, 3.05) is 5.06 Å². The molecule has 0 bridgehead atoms. The lowest BCUT2D eigenvalue weighted by atomic mass is 10.1. The standard InChI is InChI=1S/C15H13NO3/c17-15(18)14(12-7-3-1-4-8-12)11-16(19)13-9-5-2-6-10-13/h1-11,19H,(H,17,18)/b14-11-. The van der Waals surface area contributed by atoms with Gasteiger partial charge in [-0.15, -0.1) is 0 Å². The number of para-hydroxylation sites is 1. The number of nitrogens with zero attached hydrogens (tertiary/aromatic N) is 1. The van der Waals surface area contributed by atoms with Gasteiger partial charge in [0.05, 0.1) is 11.3 Å². The van der Waals surface area contributed by atoms with Gasteiger partial charge in [0.2, 0.25) is 0 Å². The highest BCUT2D eigenvalue weighted by Crippen LogP contribution is 2.18. The minimum Gasteiger partial charge on any atom is -0.478 e. The summed E-state index contributed by atoms with van der Waals surface area (Å²) in [6.07, 6.45) is 1.19. The van der Waals surface area contributed by atoms with Crippen molar-refractivity contribution in [2.45, 2.75) is 0 Å². The van der Waals surface area contributed by atoms with Crippen molar-refractivity contribution in [3.05, 3.63) is 72.4 Å². The first kappa shape index (κ1) is 12.9. The van der Waals surface area contributed by atoms with Crippen LogP contribution >= 0.6 is 0 Å². The van der Waals surface area contributed by atoms with E-state index in [1.54, 1.807) is 54.6 Å². The third-order valence-electron chi connectivity index (χ3n) is 2.59. The monoisotopic (exact) mass is 255 g/mol. The molecule has 0 fully saturated rings. The molecule has 2 rings (SSSR count). The number of rotatable bonds is 4. The Hall–Kier alpha value is -2.59. The number of carboxylic acid groups (broad SMARTS) is 1. The molecule has 2 aromatic carbocycles. The second-order valence-corrected chi connectivity index (χ2v) is 3.89. The molecule has 2 N–H and O–H groups in total. The van der Waals surface area contributed by atoms with Crippen LogP contribution in [0.1, 0.15) is 5.56 Å². The normalized spacial score (nSPS) is 11.1. The smallest absolute Gasteiger partial charge is 0.337 e. The Morgan fingerprint density at radius 2 is 1.47 bits per heavy atom. The Bertz CT molecular complexity index is 579. The fraction of sp³-hybridized carbons (Fsp3) is 0. The van der Waals surface area contributed by atoms with E-state index in [1.165, 1.54) is 6.20 Å². The lowest BCUT2D eigenvalue weighted by Gasteiger charge is -2.13. The first-order chi connectivity index (χ1) is 9.18. The summed E-state index contributed by atoms with van der Waals surface area (Å²) in [6, 6.07) is 17.4. The van der Waals surface area contributed by atoms with Crippen LogP contribution in [-0.2, 0) is 4.79 Å². The summed E-state index contributed by atoms with van der Waals surface area (Å²) in [4.78, 5) is 11.3. The largest absolute Gasteiger partial charge is 0.478 e. The highest BCUT2D eigenvalue weighted by Gasteiger charge is 2.12. The van der Waals surface area contributed by atoms with Crippen LogP contribution in [0.2, 0.25) is 0 Å². The molecule has 0 unspecified atom stereocenters. The van der Waals surface area contributed by atoms with Crippen molar-refractivity contribution in [1.29, 1.82) is 0 Å². The maximum absolute atomic E-state index is 11.3. The van der Waals surface area contributed by atoms with E-state index in [1.807, 2.05) is 6.07 Å². The van der Waals surface area contributed by atoms with Crippen molar-refractivity contribution in [1.82, 2.24) is 0 Å². The minimum atomic E-state index is -1.10. The zero-order chi connectivity index (χ0) is 13.7. The SMILES string of the molecule is O=C(O)/C(=C\N(O)c1ccccc1)c1ccccc1. The highest BCUT2D eigenvalue weighted by atomic mass is 16.5. The van der Waals surface area contributed by atoms with Gasteiger partial charge in [-0.1, -0.05) is 48.5 Å². The fourth-order valence-corrected chi connectivity index (χ4v) is 1.65. The third-order valence-corrected chi connectivity index (χ3v) is 2.59. The predicted octanol–water partition coefficient (Wildman–Crippen LogP) is 3.01. The molecule has 0 spiro atoms. The van der Waals surface area contributed by atoms with Gasteiger partial charge in [0.1, 0.15) is 0 Å². The van der Waals surface area contributed by atoms with Gasteiger partial charge in [0.25, 0.3) is 0 Å². The maximum Gasteiger partial charge on any atom is 0.337 e. The molecule has 4 heteroatoms. The average Bonchev–Trinajstić information content (AvgIpc) is 2.46. The van der Waals surface area contributed by atoms with Crippen LogP contribution in [-0.4, -0.2) is 16.3 Å². The van der Waals surface area contributed by atoms with E-state index in [2.05, 4.69) is 0 Å². The lowest BCUT2D eigenvalue weighted by Crippen LogP contribution is -2.12. The number of carbonyl (C=O) groups is 1. The fourth-order valence-electron chi connectivity index (χ4n) is 1.65. The van der Waals surface area contributed by atoms with E-state index in [0.717, 1.165) is 5.06 Å². The quantitative estimate of drug-likeness (QED) is 0.651. The molecule has 0 saturated carbocycles. The minimum absolute atomic E-state index is 0.0203. The molecule has 96 valence electrons. The highest BCUT2D eigenvalue weighted by molar-refractivity contribution is 6.15. The molecule has 0 aliphatic rings. The summed E-state index contributed by atoms with van der Waals surface area (Å²) < 4.78 is 0. The molecule has 0 radical (unpaired) electrons. The number of carboxylic acids is 1. The Morgan fingerprint density at radius 1 is 0.947 bits per heavy atom. The molecule has 0 saturated heterocycles.